The fourth-order valence-electron chi connectivity index (χ4n) is 2.94. The third-order valence-electron chi connectivity index (χ3n) is 4.35. The Bertz CT molecular complexity index is 564. The molecule has 2 atom stereocenters. The van der Waals surface area contributed by atoms with Crippen LogP contribution < -0.4 is 5.32 Å². The van der Waals surface area contributed by atoms with Gasteiger partial charge < -0.3 is 20.1 Å². The van der Waals surface area contributed by atoms with Crippen LogP contribution in [-0.4, -0.2) is 39.2 Å². The number of ether oxygens (including phenoxy) is 1. The summed E-state index contributed by atoms with van der Waals surface area (Å²) in [7, 11) is 0. The molecule has 0 radical (unpaired) electrons. The van der Waals surface area contributed by atoms with Gasteiger partial charge in [-0.3, -0.25) is 4.79 Å². The number of amides is 1. The number of nitrogens with one attached hydrogen (secondary N) is 2. The maximum Gasteiger partial charge on any atom is 0.353 e. The highest BCUT2D eigenvalue weighted by Crippen LogP contribution is 2.40. The highest BCUT2D eigenvalue weighted by atomic mass is 16.5. The molecule has 2 aliphatic rings. The van der Waals surface area contributed by atoms with Crippen molar-refractivity contribution in [1.29, 1.82) is 0 Å². The van der Waals surface area contributed by atoms with Gasteiger partial charge in [-0.25, -0.2) is 9.78 Å². The van der Waals surface area contributed by atoms with Crippen LogP contribution >= 0.6 is 0 Å². The van der Waals surface area contributed by atoms with Crippen LogP contribution in [0.25, 0.3) is 0 Å². The van der Waals surface area contributed by atoms with Crippen molar-refractivity contribution >= 4 is 11.9 Å². The molecule has 0 bridgehead atoms. The van der Waals surface area contributed by atoms with E-state index < -0.39 is 17.6 Å². The number of aromatic nitrogens is 2. The summed E-state index contributed by atoms with van der Waals surface area (Å²) in [6.07, 6.45) is 5.09. The van der Waals surface area contributed by atoms with Gasteiger partial charge >= 0.3 is 5.97 Å². The molecule has 7 nitrogen and oxygen atoms in total. The van der Waals surface area contributed by atoms with Crippen molar-refractivity contribution in [3.63, 3.8) is 0 Å². The highest BCUT2D eigenvalue weighted by Gasteiger charge is 2.44. The van der Waals surface area contributed by atoms with Gasteiger partial charge in [0.05, 0.1) is 17.8 Å². The van der Waals surface area contributed by atoms with E-state index in [1.165, 1.54) is 6.20 Å². The first kappa shape index (κ1) is 14.1. The molecule has 1 amide bonds. The number of H-pyrrole nitrogens is 1. The molecule has 1 aromatic heterocycles. The van der Waals surface area contributed by atoms with E-state index in [9.17, 15) is 9.59 Å². The average Bonchev–Trinajstić information content (AvgIpc) is 3.02. The van der Waals surface area contributed by atoms with Gasteiger partial charge in [-0.1, -0.05) is 0 Å². The van der Waals surface area contributed by atoms with Crippen LogP contribution in [0.3, 0.4) is 0 Å². The number of carboxylic acid groups (broad SMARTS) is 1. The zero-order valence-corrected chi connectivity index (χ0v) is 11.9. The van der Waals surface area contributed by atoms with Crippen LogP contribution in [0.4, 0.5) is 0 Å². The monoisotopic (exact) mass is 293 g/mol. The highest BCUT2D eigenvalue weighted by molar-refractivity contribution is 5.85. The zero-order valence-electron chi connectivity index (χ0n) is 11.9. The minimum atomic E-state index is -1.05. The molecule has 7 heteroatoms. The average molecular weight is 293 g/mol. The maximum absolute atomic E-state index is 12.3. The Hall–Kier alpha value is -1.89. The van der Waals surface area contributed by atoms with Crippen molar-refractivity contribution in [2.75, 3.05) is 0 Å². The SMILES string of the molecule is CC1CCC(C(=O)NC2(c3ncc(C(=O)O)[nH]3)CCC2)O1. The number of imidazole rings is 1. The van der Waals surface area contributed by atoms with Crippen LogP contribution in [0.2, 0.25) is 0 Å². The molecule has 2 fully saturated rings. The first-order valence-corrected chi connectivity index (χ1v) is 7.26. The van der Waals surface area contributed by atoms with Gasteiger partial charge in [-0.05, 0) is 39.0 Å². The topological polar surface area (TPSA) is 104 Å². The molecular formula is C14H19N3O4. The normalized spacial score (nSPS) is 27.1. The number of aromatic carboxylic acids is 1. The van der Waals surface area contributed by atoms with E-state index in [0.29, 0.717) is 5.82 Å². The summed E-state index contributed by atoms with van der Waals surface area (Å²) in [6.45, 7) is 1.96. The number of hydrogen-bond donors (Lipinski definition) is 3. The van der Waals surface area contributed by atoms with Crippen LogP contribution in [0.1, 0.15) is 55.3 Å². The summed E-state index contributed by atoms with van der Waals surface area (Å²) in [5.74, 6) is -0.666. The Morgan fingerprint density at radius 1 is 1.48 bits per heavy atom. The van der Waals surface area contributed by atoms with Gasteiger partial charge in [-0.15, -0.1) is 0 Å². The van der Waals surface area contributed by atoms with Crippen LogP contribution in [-0.2, 0) is 15.1 Å². The number of aromatic amines is 1. The van der Waals surface area contributed by atoms with Gasteiger partial charge in [0.15, 0.2) is 0 Å². The van der Waals surface area contributed by atoms with E-state index in [0.717, 1.165) is 32.1 Å². The molecule has 2 heterocycles. The number of rotatable bonds is 4. The largest absolute Gasteiger partial charge is 0.477 e. The van der Waals surface area contributed by atoms with Crippen molar-refractivity contribution in [2.45, 2.75) is 56.8 Å². The Kier molecular flexibility index (Phi) is 3.44. The zero-order chi connectivity index (χ0) is 15.0. The lowest BCUT2D eigenvalue weighted by Gasteiger charge is -2.41. The third kappa shape index (κ3) is 2.53. The van der Waals surface area contributed by atoms with Gasteiger partial charge in [-0.2, -0.15) is 0 Å². The summed E-state index contributed by atoms with van der Waals surface area (Å²) in [6, 6.07) is 0. The number of carboxylic acids is 1. The summed E-state index contributed by atoms with van der Waals surface area (Å²) in [4.78, 5) is 30.2. The number of nitrogens with zero attached hydrogens (tertiary/aromatic N) is 1. The Morgan fingerprint density at radius 2 is 2.24 bits per heavy atom. The molecule has 114 valence electrons. The van der Waals surface area contributed by atoms with Crippen LogP contribution in [0.5, 0.6) is 0 Å². The molecule has 3 rings (SSSR count). The number of hydrogen-bond acceptors (Lipinski definition) is 4. The van der Waals surface area contributed by atoms with Crippen LogP contribution in [0, 0.1) is 0 Å². The van der Waals surface area contributed by atoms with E-state index in [1.54, 1.807) is 0 Å². The number of carbonyl (C=O) groups is 2. The first-order chi connectivity index (χ1) is 10.00. The molecule has 3 N–H and O–H groups in total. The first-order valence-electron chi connectivity index (χ1n) is 7.26. The predicted octanol–water partition coefficient (Wildman–Crippen LogP) is 1.17. The van der Waals surface area contributed by atoms with Gasteiger partial charge in [0.1, 0.15) is 17.6 Å². The van der Waals surface area contributed by atoms with Crippen molar-refractivity contribution in [3.8, 4) is 0 Å². The van der Waals surface area contributed by atoms with Gasteiger partial charge in [0.25, 0.3) is 0 Å². The predicted molar refractivity (Wildman–Crippen MR) is 72.8 cm³/mol. The number of carbonyl (C=O) groups excluding carboxylic acids is 1. The van der Waals surface area contributed by atoms with E-state index in [2.05, 4.69) is 15.3 Å². The van der Waals surface area contributed by atoms with E-state index >= 15 is 0 Å². The molecule has 2 unspecified atom stereocenters. The lowest BCUT2D eigenvalue weighted by molar-refractivity contribution is -0.135. The quantitative estimate of drug-likeness (QED) is 0.773. The van der Waals surface area contributed by atoms with Crippen molar-refractivity contribution in [2.24, 2.45) is 0 Å². The summed E-state index contributed by atoms with van der Waals surface area (Å²) in [5.41, 5.74) is -0.531. The summed E-state index contributed by atoms with van der Waals surface area (Å²) in [5, 5.41) is 12.0. The fourth-order valence-corrected chi connectivity index (χ4v) is 2.94. The lowest BCUT2D eigenvalue weighted by Crippen LogP contribution is -2.54. The maximum atomic E-state index is 12.3. The second-order valence-corrected chi connectivity index (χ2v) is 5.89. The lowest BCUT2D eigenvalue weighted by atomic mass is 9.76. The molecule has 21 heavy (non-hydrogen) atoms. The second kappa shape index (κ2) is 5.14. The minimum Gasteiger partial charge on any atom is -0.477 e. The van der Waals surface area contributed by atoms with Gasteiger partial charge in [0, 0.05) is 0 Å². The van der Waals surface area contributed by atoms with Gasteiger partial charge in [0.2, 0.25) is 5.91 Å². The summed E-state index contributed by atoms with van der Waals surface area (Å²) < 4.78 is 5.58. The van der Waals surface area contributed by atoms with E-state index in [-0.39, 0.29) is 17.7 Å². The van der Waals surface area contributed by atoms with Crippen molar-refractivity contribution < 1.29 is 19.4 Å². The Labute approximate surface area is 122 Å². The smallest absolute Gasteiger partial charge is 0.353 e. The molecular weight excluding hydrogens is 274 g/mol. The molecule has 0 spiro atoms. The van der Waals surface area contributed by atoms with E-state index in [1.807, 2.05) is 6.92 Å². The third-order valence-corrected chi connectivity index (χ3v) is 4.35. The standard InChI is InChI=1S/C14H19N3O4/c1-8-3-4-10(21-8)11(18)17-14(5-2-6-14)13-15-7-9(16-13)12(19)20/h7-8,10H,2-6H2,1H3,(H,15,16)(H,17,18)(H,19,20). The van der Waals surface area contributed by atoms with Crippen molar-refractivity contribution in [3.05, 3.63) is 17.7 Å². The Balaban J connectivity index is 1.74. The second-order valence-electron chi connectivity index (χ2n) is 5.89. The molecule has 1 saturated heterocycles. The van der Waals surface area contributed by atoms with Crippen molar-refractivity contribution in [1.82, 2.24) is 15.3 Å². The molecule has 1 aliphatic carbocycles. The van der Waals surface area contributed by atoms with E-state index in [4.69, 9.17) is 9.84 Å². The fraction of sp³-hybridized carbons (Fsp3) is 0.643. The molecule has 1 aromatic rings. The molecule has 1 saturated carbocycles. The minimum absolute atomic E-state index is 0.0382. The summed E-state index contributed by atoms with van der Waals surface area (Å²) >= 11 is 0. The Morgan fingerprint density at radius 3 is 2.71 bits per heavy atom. The van der Waals surface area contributed by atoms with Crippen LogP contribution in [0.15, 0.2) is 6.20 Å². The molecule has 0 aromatic carbocycles. The molecule has 1 aliphatic heterocycles.